The van der Waals surface area contributed by atoms with Crippen LogP contribution in [-0.2, 0) is 27.3 Å². The molecule has 0 bridgehead atoms. The van der Waals surface area contributed by atoms with Gasteiger partial charge in [0, 0.05) is 47.9 Å². The van der Waals surface area contributed by atoms with E-state index in [1.54, 1.807) is 91.2 Å². The van der Waals surface area contributed by atoms with Crippen molar-refractivity contribution in [3.8, 4) is 0 Å². The van der Waals surface area contributed by atoms with Gasteiger partial charge in [-0.15, -0.1) is 0 Å². The van der Waals surface area contributed by atoms with Crippen LogP contribution in [0.3, 0.4) is 0 Å². The average Bonchev–Trinajstić information content (AvgIpc) is 3.79. The average molecular weight is 891 g/mol. The second kappa shape index (κ2) is 21.4. The Morgan fingerprint density at radius 2 is 1.02 bits per heavy atom. The lowest BCUT2D eigenvalue weighted by molar-refractivity contribution is 0.0454. The maximum atomic E-state index is 13.0. The lowest BCUT2D eigenvalue weighted by atomic mass is 10.1. The number of hydrogen-bond donors (Lipinski definition) is 4. The minimum absolute atomic E-state index is 0.0238. The lowest BCUT2D eigenvalue weighted by Gasteiger charge is -2.21. The van der Waals surface area contributed by atoms with Gasteiger partial charge in [0.15, 0.2) is 0 Å². The topological polar surface area (TPSA) is 194 Å². The van der Waals surface area contributed by atoms with E-state index >= 15 is 0 Å². The first-order valence-electron chi connectivity index (χ1n) is 21.5. The highest BCUT2D eigenvalue weighted by atomic mass is 16.6. The molecule has 6 rings (SSSR count). The highest BCUT2D eigenvalue weighted by Gasteiger charge is 2.27. The van der Waals surface area contributed by atoms with Crippen LogP contribution in [0, 0.1) is 0 Å². The van der Waals surface area contributed by atoms with E-state index in [-0.39, 0.29) is 29.1 Å². The van der Waals surface area contributed by atoms with E-state index in [0.29, 0.717) is 27.8 Å². The number of amides is 1. The van der Waals surface area contributed by atoms with Gasteiger partial charge in [0.25, 0.3) is 5.91 Å². The van der Waals surface area contributed by atoms with E-state index in [0.717, 1.165) is 24.3 Å². The van der Waals surface area contributed by atoms with Gasteiger partial charge in [-0.2, -0.15) is 0 Å². The van der Waals surface area contributed by atoms with Gasteiger partial charge in [-0.3, -0.25) is 14.8 Å². The predicted molar refractivity (Wildman–Crippen MR) is 257 cm³/mol. The third kappa shape index (κ3) is 16.2. The highest BCUT2D eigenvalue weighted by molar-refractivity contribution is 6.09. The zero-order valence-corrected chi connectivity index (χ0v) is 40.1. The number of nitrogen functional groups attached to an aromatic ring is 1. The number of pyridine rings is 2. The molecule has 4 heterocycles. The smallest absolute Gasteiger partial charge is 0.419 e. The summed E-state index contributed by atoms with van der Waals surface area (Å²) in [5.74, 6) is -0.995. The molecule has 15 nitrogen and oxygen atoms in total. The summed E-state index contributed by atoms with van der Waals surface area (Å²) in [6.07, 6.45) is 1.96. The van der Waals surface area contributed by atoms with Crippen LogP contribution >= 0.6 is 0 Å². The molecule has 65 heavy (non-hydrogen) atoms. The number of ether oxygens (including phenoxy) is 3. The van der Waals surface area contributed by atoms with Crippen LogP contribution in [0.4, 0.5) is 21.0 Å². The zero-order valence-electron chi connectivity index (χ0n) is 40.1. The molecule has 348 valence electrons. The van der Waals surface area contributed by atoms with Crippen LogP contribution in [0.25, 0.3) is 22.1 Å². The Hall–Kier alpha value is -6.58. The molecule has 0 spiro atoms. The zero-order chi connectivity index (χ0) is 48.3. The van der Waals surface area contributed by atoms with Crippen LogP contribution in [0.15, 0.2) is 97.3 Å². The molecule has 0 saturated carbocycles. The Morgan fingerprint density at radius 1 is 0.600 bits per heavy atom. The summed E-state index contributed by atoms with van der Waals surface area (Å²) in [6, 6.07) is 25.5. The lowest BCUT2D eigenvalue weighted by Crippen LogP contribution is -2.35. The third-order valence-electron chi connectivity index (χ3n) is 8.85. The van der Waals surface area contributed by atoms with Crippen LogP contribution < -0.4 is 21.7 Å². The van der Waals surface area contributed by atoms with Crippen molar-refractivity contribution in [2.45, 2.75) is 125 Å². The molecule has 15 heteroatoms. The number of benzene rings is 2. The number of rotatable bonds is 8. The second-order valence-electron chi connectivity index (χ2n) is 19.3. The number of carbonyl (C=O) groups excluding carboxylic acids is 4. The number of aromatic nitrogens is 4. The first kappa shape index (κ1) is 51.1. The van der Waals surface area contributed by atoms with Gasteiger partial charge >= 0.3 is 18.2 Å². The Bertz CT molecular complexity index is 2550. The molecule has 0 atom stereocenters. The molecule has 0 saturated heterocycles. The fourth-order valence-electron chi connectivity index (χ4n) is 5.87. The van der Waals surface area contributed by atoms with E-state index in [2.05, 4.69) is 67.5 Å². The third-order valence-corrected chi connectivity index (χ3v) is 8.85. The number of carbonyl (C=O) groups is 4. The first-order chi connectivity index (χ1) is 30.2. The van der Waals surface area contributed by atoms with Gasteiger partial charge in [-0.25, -0.2) is 23.5 Å². The summed E-state index contributed by atoms with van der Waals surface area (Å²) in [5.41, 5.74) is 10.6. The van der Waals surface area contributed by atoms with Crippen molar-refractivity contribution < 1.29 is 33.4 Å². The fraction of sp³-hybridized carbons (Fsp3) is 0.400. The number of esters is 1. The number of anilines is 2. The van der Waals surface area contributed by atoms with Crippen LogP contribution in [0.2, 0.25) is 0 Å². The molecule has 0 radical (unpaired) electrons. The molecule has 0 fully saturated rings. The molecular weight excluding hydrogens is 825 g/mol. The maximum Gasteiger partial charge on any atom is 0.419 e. The standard InChI is InChI=1S/C24H30N4O3.C15H18N2O4.C11H18N2/c1-23(2,3)26-15-16-9-11-17(12-10-16)27-21(29)20-14-18-19(8-7-13-25-18)28(20)22(30)31-24(4,5)6;1-5-20-13(18)12-9-10-11(7-6-8-16-10)17(12)14(19)21-15(2,3)4;1-11(2,3)13-8-9-4-6-10(12)7-5-9/h7-14,26H,15H2,1-6H3,(H,27,29);6-9H,5H2,1-4H3;4-7,13H,8,12H2,1-3H3. The Morgan fingerprint density at radius 3 is 1.43 bits per heavy atom. The van der Waals surface area contributed by atoms with E-state index in [9.17, 15) is 19.2 Å². The molecule has 0 unspecified atom stereocenters. The first-order valence-corrected chi connectivity index (χ1v) is 21.5. The van der Waals surface area contributed by atoms with Gasteiger partial charge in [-0.05, 0) is 162 Å². The Balaban J connectivity index is 0.000000234. The SMILES string of the molecule is CC(C)(C)NCc1ccc(N)cc1.CC(C)(C)NCc1ccc(NC(=O)c2cc3ncccc3n2C(=O)OC(C)(C)C)cc1.CCOC(=O)c1cc2ncccc2n1C(=O)OC(C)(C)C. The summed E-state index contributed by atoms with van der Waals surface area (Å²) in [5, 5.41) is 9.71. The van der Waals surface area contributed by atoms with Crippen molar-refractivity contribution >= 4 is 57.5 Å². The van der Waals surface area contributed by atoms with Crippen molar-refractivity contribution in [2.24, 2.45) is 0 Å². The highest BCUT2D eigenvalue weighted by Crippen LogP contribution is 2.23. The maximum absolute atomic E-state index is 13.0. The minimum Gasteiger partial charge on any atom is -0.461 e. The summed E-state index contributed by atoms with van der Waals surface area (Å²) < 4.78 is 18.3. The quantitative estimate of drug-likeness (QED) is 0.0643. The molecule has 0 aliphatic rings. The molecule has 1 amide bonds. The van der Waals surface area contributed by atoms with Gasteiger partial charge in [-0.1, -0.05) is 24.3 Å². The van der Waals surface area contributed by atoms with Crippen molar-refractivity contribution in [3.05, 3.63) is 120 Å². The molecular formula is C50H66N8O7. The molecule has 2 aromatic carbocycles. The minimum atomic E-state index is -0.694. The van der Waals surface area contributed by atoms with Gasteiger partial charge in [0.05, 0.1) is 28.7 Å². The predicted octanol–water partition coefficient (Wildman–Crippen LogP) is 10.1. The van der Waals surface area contributed by atoms with Crippen molar-refractivity contribution in [1.82, 2.24) is 29.7 Å². The number of nitrogens with two attached hydrogens (primary N) is 1. The number of hydrogen-bond acceptors (Lipinski definition) is 12. The number of nitrogens with one attached hydrogen (secondary N) is 3. The van der Waals surface area contributed by atoms with Crippen LogP contribution in [-0.4, -0.2) is 72.1 Å². The van der Waals surface area contributed by atoms with E-state index in [1.807, 2.05) is 48.5 Å². The monoisotopic (exact) mass is 891 g/mol. The van der Waals surface area contributed by atoms with E-state index < -0.39 is 35.3 Å². The summed E-state index contributed by atoms with van der Waals surface area (Å²) in [6.45, 7) is 27.0. The molecule has 5 N–H and O–H groups in total. The number of fused-ring (bicyclic) bond motifs is 2. The fourth-order valence-corrected chi connectivity index (χ4v) is 5.87. The van der Waals surface area contributed by atoms with Gasteiger partial charge in [0.1, 0.15) is 22.6 Å². The Labute approximate surface area is 382 Å². The van der Waals surface area contributed by atoms with E-state index in [1.165, 1.54) is 20.8 Å². The van der Waals surface area contributed by atoms with E-state index in [4.69, 9.17) is 19.9 Å². The molecule has 6 aromatic rings. The second-order valence-corrected chi connectivity index (χ2v) is 19.3. The van der Waals surface area contributed by atoms with Crippen molar-refractivity contribution in [1.29, 1.82) is 0 Å². The van der Waals surface area contributed by atoms with Crippen molar-refractivity contribution in [2.75, 3.05) is 17.7 Å². The summed E-state index contributed by atoms with van der Waals surface area (Å²) in [4.78, 5) is 58.7. The normalized spacial score (nSPS) is 11.8. The summed E-state index contributed by atoms with van der Waals surface area (Å²) >= 11 is 0. The van der Waals surface area contributed by atoms with Gasteiger partial charge in [0.2, 0.25) is 0 Å². The largest absolute Gasteiger partial charge is 0.461 e. The number of nitrogens with zero attached hydrogens (tertiary/aromatic N) is 4. The van der Waals surface area contributed by atoms with Crippen LogP contribution in [0.5, 0.6) is 0 Å². The Kier molecular flexibility index (Phi) is 16.8. The molecule has 0 aliphatic heterocycles. The van der Waals surface area contributed by atoms with Gasteiger partial charge < -0.3 is 35.9 Å². The summed E-state index contributed by atoms with van der Waals surface area (Å²) in [7, 11) is 0. The molecule has 0 aliphatic carbocycles. The van der Waals surface area contributed by atoms with Crippen LogP contribution in [0.1, 0.15) is 122 Å². The van der Waals surface area contributed by atoms with Crippen molar-refractivity contribution in [3.63, 3.8) is 0 Å². The molecule has 4 aromatic heterocycles.